The first-order valence-corrected chi connectivity index (χ1v) is 26.3. The summed E-state index contributed by atoms with van der Waals surface area (Å²) in [6, 6.07) is 0. The van der Waals surface area contributed by atoms with E-state index in [4.69, 9.17) is 13.8 Å². The third kappa shape index (κ3) is 48.6. The number of ether oxygens (including phenoxy) is 1. The van der Waals surface area contributed by atoms with Crippen molar-refractivity contribution in [3.8, 4) is 0 Å². The van der Waals surface area contributed by atoms with E-state index in [9.17, 15) is 24.2 Å². The Balaban J connectivity index is 3.62. The molecule has 0 saturated carbocycles. The molecule has 1 amide bonds. The highest BCUT2D eigenvalue weighted by Gasteiger charge is 2.23. The molecule has 0 fully saturated rings. The summed E-state index contributed by atoms with van der Waals surface area (Å²) in [4.78, 5) is 34.0. The number of hydrogen-bond acceptors (Lipinski definition) is 7. The molecule has 10 heteroatoms. The van der Waals surface area contributed by atoms with E-state index < -0.39 is 26.5 Å². The van der Waals surface area contributed by atoms with Crippen molar-refractivity contribution in [3.05, 3.63) is 60.8 Å². The van der Waals surface area contributed by atoms with Gasteiger partial charge in [-0.3, -0.25) is 18.6 Å². The summed E-state index contributed by atoms with van der Waals surface area (Å²) < 4.78 is 26.9. The minimum atomic E-state index is -4.43. The number of carbonyl (C=O) groups is 2. The fourth-order valence-electron chi connectivity index (χ4n) is 6.65. The number of rotatable bonds is 46. The Morgan fingerprint density at radius 1 is 0.508 bits per heavy atom. The van der Waals surface area contributed by atoms with Crippen molar-refractivity contribution in [2.75, 3.05) is 26.4 Å². The number of nitrogens with one attached hydrogen (secondary N) is 1. The van der Waals surface area contributed by atoms with Crippen LogP contribution in [-0.2, 0) is 27.9 Å². The van der Waals surface area contributed by atoms with Crippen LogP contribution >= 0.6 is 7.82 Å². The summed E-state index contributed by atoms with van der Waals surface area (Å²) in [7, 11) is -4.43. The van der Waals surface area contributed by atoms with Gasteiger partial charge in [-0.05, 0) is 83.5 Å². The molecule has 2 unspecified atom stereocenters. The van der Waals surface area contributed by atoms with E-state index in [1.165, 1.54) is 128 Å². The molecule has 0 aromatic carbocycles. The van der Waals surface area contributed by atoms with Gasteiger partial charge in [-0.15, -0.1) is 0 Å². The van der Waals surface area contributed by atoms with Crippen LogP contribution in [0.4, 0.5) is 0 Å². The van der Waals surface area contributed by atoms with Gasteiger partial charge in [0.05, 0.1) is 13.2 Å². The summed E-state index contributed by atoms with van der Waals surface area (Å²) in [5.41, 5.74) is 0. The lowest BCUT2D eigenvalue weighted by atomic mass is 10.0. The molecule has 0 rings (SSSR count). The number of phosphoric acid groups is 1. The average Bonchev–Trinajstić information content (AvgIpc) is 3.25. The van der Waals surface area contributed by atoms with Gasteiger partial charge in [0.2, 0.25) is 5.91 Å². The molecule has 3 N–H and O–H groups in total. The molecule has 2 atom stereocenters. The highest BCUT2D eigenvalue weighted by atomic mass is 31.2. The Morgan fingerprint density at radius 2 is 0.885 bits per heavy atom. The zero-order valence-corrected chi connectivity index (χ0v) is 40.0. The highest BCUT2D eigenvalue weighted by Crippen LogP contribution is 2.42. The van der Waals surface area contributed by atoms with E-state index in [-0.39, 0.29) is 32.1 Å². The number of hydrogen-bond donors (Lipinski definition) is 3. The molecule has 0 radical (unpaired) electrons. The molecule has 0 bridgehead atoms. The van der Waals surface area contributed by atoms with E-state index in [1.54, 1.807) is 0 Å². The molecule has 354 valence electrons. The van der Waals surface area contributed by atoms with Crippen molar-refractivity contribution in [2.24, 2.45) is 0 Å². The lowest BCUT2D eigenvalue weighted by molar-refractivity contribution is -0.147. The van der Waals surface area contributed by atoms with Crippen molar-refractivity contribution in [1.82, 2.24) is 5.32 Å². The predicted octanol–water partition coefficient (Wildman–Crippen LogP) is 14.4. The van der Waals surface area contributed by atoms with Crippen LogP contribution in [0.15, 0.2) is 60.8 Å². The van der Waals surface area contributed by atoms with E-state index in [0.29, 0.717) is 12.8 Å². The van der Waals surface area contributed by atoms with Gasteiger partial charge in [0, 0.05) is 19.4 Å². The van der Waals surface area contributed by atoms with E-state index in [1.807, 2.05) is 0 Å². The number of aliphatic hydroxyl groups excluding tert-OH is 1. The number of amides is 1. The number of esters is 1. The van der Waals surface area contributed by atoms with Crippen LogP contribution in [0, 0.1) is 0 Å². The zero-order valence-electron chi connectivity index (χ0n) is 39.1. The fourth-order valence-corrected chi connectivity index (χ4v) is 7.41. The summed E-state index contributed by atoms with van der Waals surface area (Å²) >= 11 is 0. The van der Waals surface area contributed by atoms with E-state index in [2.05, 4.69) is 79.9 Å². The van der Waals surface area contributed by atoms with Crippen LogP contribution in [0.1, 0.15) is 219 Å². The van der Waals surface area contributed by atoms with E-state index >= 15 is 0 Å². The number of allylic oxidation sites excluding steroid dienone is 10. The molecule has 0 saturated heterocycles. The second-order valence-corrected chi connectivity index (χ2v) is 17.9. The summed E-state index contributed by atoms with van der Waals surface area (Å²) in [6.45, 7) is 3.50. The average molecular weight is 878 g/mol. The molecule has 0 aliphatic heterocycles. The SMILES string of the molecule is CCCCC/C=C\C/C=C\C/C=C\C/C=C\CCCCCC(=O)OCC(O)COP(=O)(O)OCCNC(=O)CCCCCCCCCCCCC/C=C/CCCCCCCC. The maximum atomic E-state index is 12.1. The van der Waals surface area contributed by atoms with Crippen molar-refractivity contribution >= 4 is 19.7 Å². The van der Waals surface area contributed by atoms with Gasteiger partial charge in [-0.1, -0.05) is 184 Å². The third-order valence-electron chi connectivity index (χ3n) is 10.4. The first-order valence-electron chi connectivity index (χ1n) is 24.8. The maximum Gasteiger partial charge on any atom is 0.472 e. The minimum Gasteiger partial charge on any atom is -0.463 e. The molecule has 61 heavy (non-hydrogen) atoms. The Labute approximate surface area is 374 Å². The van der Waals surface area contributed by atoms with Crippen LogP contribution < -0.4 is 5.32 Å². The predicted molar refractivity (Wildman–Crippen MR) is 256 cm³/mol. The number of phosphoric ester groups is 1. The summed E-state index contributed by atoms with van der Waals surface area (Å²) in [5, 5.41) is 12.7. The van der Waals surface area contributed by atoms with Gasteiger partial charge in [0.25, 0.3) is 0 Å². The standard InChI is InChI=1S/C51H92NO8P/c1-3-5-7-9-11-13-15-17-19-21-23-24-26-27-29-31-33-35-37-39-41-43-50(54)52-45-46-59-61(56,57)60-48-49(53)47-58-51(55)44-42-40-38-36-34-32-30-28-25-22-20-18-16-14-12-10-8-6-4-2/h12,14,17-20,25,28,32,34,49,53H,3-11,13,15-16,21-24,26-27,29-31,33,35-48H2,1-2H3,(H,52,54)(H,56,57)/b14-12-,19-17+,20-18-,28-25-,34-32-. The summed E-state index contributed by atoms with van der Waals surface area (Å²) in [5.74, 6) is -0.547. The Bertz CT molecular complexity index is 1180. The van der Waals surface area contributed by atoms with Gasteiger partial charge >= 0.3 is 13.8 Å². The molecule has 0 aliphatic carbocycles. The second kappa shape index (κ2) is 47.2. The Kier molecular flexibility index (Phi) is 45.4. The van der Waals surface area contributed by atoms with Crippen LogP contribution in [0.25, 0.3) is 0 Å². The lowest BCUT2D eigenvalue weighted by Gasteiger charge is -2.15. The normalized spacial score (nSPS) is 13.7. The molecule has 0 aromatic heterocycles. The van der Waals surface area contributed by atoms with Gasteiger partial charge < -0.3 is 20.1 Å². The quantitative estimate of drug-likeness (QED) is 0.0238. The van der Waals surface area contributed by atoms with Crippen molar-refractivity contribution in [3.63, 3.8) is 0 Å². The fraction of sp³-hybridized carbons (Fsp3) is 0.765. The molecule has 0 spiro atoms. The van der Waals surface area contributed by atoms with Gasteiger partial charge in [-0.2, -0.15) is 0 Å². The van der Waals surface area contributed by atoms with Gasteiger partial charge in [0.15, 0.2) is 0 Å². The van der Waals surface area contributed by atoms with Crippen LogP contribution in [0.3, 0.4) is 0 Å². The molecule has 0 aromatic rings. The van der Waals surface area contributed by atoms with Crippen LogP contribution in [0.2, 0.25) is 0 Å². The number of unbranched alkanes of at least 4 members (excludes halogenated alkanes) is 23. The lowest BCUT2D eigenvalue weighted by Crippen LogP contribution is -2.27. The first-order chi connectivity index (χ1) is 29.8. The van der Waals surface area contributed by atoms with E-state index in [0.717, 1.165) is 57.8 Å². The van der Waals surface area contributed by atoms with Crippen molar-refractivity contribution < 1.29 is 37.9 Å². The highest BCUT2D eigenvalue weighted by molar-refractivity contribution is 7.47. The van der Waals surface area contributed by atoms with Gasteiger partial charge in [-0.25, -0.2) is 4.57 Å². The van der Waals surface area contributed by atoms with Gasteiger partial charge in [0.1, 0.15) is 12.7 Å². The largest absolute Gasteiger partial charge is 0.472 e. The number of aliphatic hydroxyl groups is 1. The first kappa shape index (κ1) is 58.7. The molecular formula is C51H92NO8P. The van der Waals surface area contributed by atoms with Crippen LogP contribution in [0.5, 0.6) is 0 Å². The maximum absolute atomic E-state index is 12.1. The number of carbonyl (C=O) groups excluding carboxylic acids is 2. The monoisotopic (exact) mass is 878 g/mol. The molecule has 0 heterocycles. The van der Waals surface area contributed by atoms with Crippen LogP contribution in [-0.4, -0.2) is 54.3 Å². The topological polar surface area (TPSA) is 131 Å². The van der Waals surface area contributed by atoms with Crippen molar-refractivity contribution in [1.29, 1.82) is 0 Å². The Morgan fingerprint density at radius 3 is 1.39 bits per heavy atom. The third-order valence-corrected chi connectivity index (χ3v) is 11.4. The molecular weight excluding hydrogens is 786 g/mol. The zero-order chi connectivity index (χ0) is 44.6. The molecule has 0 aliphatic rings. The second-order valence-electron chi connectivity index (χ2n) is 16.4. The van der Waals surface area contributed by atoms with Crippen molar-refractivity contribution in [2.45, 2.75) is 225 Å². The minimum absolute atomic E-state index is 0.0758. The Hall–Kier alpha value is -2.29. The smallest absolute Gasteiger partial charge is 0.463 e. The molecule has 9 nitrogen and oxygen atoms in total. The summed E-state index contributed by atoms with van der Waals surface area (Å²) in [6.07, 6.45) is 57.3.